The smallest absolute Gasteiger partial charge is 0.310 e. The fourth-order valence-corrected chi connectivity index (χ4v) is 1.60. The van der Waals surface area contributed by atoms with E-state index in [9.17, 15) is 9.59 Å². The summed E-state index contributed by atoms with van der Waals surface area (Å²) in [5, 5.41) is 19.0. The van der Waals surface area contributed by atoms with Crippen LogP contribution >= 0.6 is 0 Å². The van der Waals surface area contributed by atoms with Crippen molar-refractivity contribution in [3.05, 3.63) is 42.5 Å². The van der Waals surface area contributed by atoms with Gasteiger partial charge in [-0.25, -0.2) is 0 Å². The number of carbonyl (C=O) groups is 2. The van der Waals surface area contributed by atoms with E-state index in [4.69, 9.17) is 5.11 Å². The highest BCUT2D eigenvalue weighted by atomic mass is 16.4. The van der Waals surface area contributed by atoms with Crippen LogP contribution in [-0.2, 0) is 4.79 Å². The largest absolute Gasteiger partial charge is 0.481 e. The van der Waals surface area contributed by atoms with Gasteiger partial charge in [0.05, 0.1) is 5.41 Å². The van der Waals surface area contributed by atoms with Crippen LogP contribution in [0.4, 0.5) is 0 Å². The Morgan fingerprint density at radius 3 is 2.29 bits per heavy atom. The van der Waals surface area contributed by atoms with Crippen LogP contribution in [0.1, 0.15) is 24.2 Å². The maximum Gasteiger partial charge on any atom is 0.310 e. The van der Waals surface area contributed by atoms with Gasteiger partial charge in [0.25, 0.3) is 5.91 Å². The van der Waals surface area contributed by atoms with Gasteiger partial charge in [-0.3, -0.25) is 14.2 Å². The van der Waals surface area contributed by atoms with E-state index in [2.05, 4.69) is 15.5 Å². The molecule has 2 N–H and O–H groups in total. The molecule has 1 aromatic carbocycles. The van der Waals surface area contributed by atoms with Gasteiger partial charge in [0.1, 0.15) is 12.7 Å². The van der Waals surface area contributed by atoms with Crippen LogP contribution < -0.4 is 5.32 Å². The first kappa shape index (κ1) is 14.7. The third-order valence-corrected chi connectivity index (χ3v) is 3.12. The normalized spacial score (nSPS) is 11.1. The molecule has 1 heterocycles. The SMILES string of the molecule is CC(C)(CNC(=O)c1ccc(-n2cnnc2)cc1)C(=O)O. The quantitative estimate of drug-likeness (QED) is 0.859. The Labute approximate surface area is 121 Å². The van der Waals surface area contributed by atoms with Gasteiger partial charge in [0.15, 0.2) is 0 Å². The molecule has 0 saturated carbocycles. The van der Waals surface area contributed by atoms with Crippen LogP contribution in [0.15, 0.2) is 36.9 Å². The minimum Gasteiger partial charge on any atom is -0.481 e. The molecule has 0 fully saturated rings. The van der Waals surface area contributed by atoms with E-state index in [0.717, 1.165) is 5.69 Å². The van der Waals surface area contributed by atoms with Gasteiger partial charge in [-0.15, -0.1) is 10.2 Å². The maximum absolute atomic E-state index is 12.0. The predicted molar refractivity (Wildman–Crippen MR) is 75.1 cm³/mol. The Morgan fingerprint density at radius 2 is 1.76 bits per heavy atom. The summed E-state index contributed by atoms with van der Waals surface area (Å²) in [6.45, 7) is 3.18. The lowest BCUT2D eigenvalue weighted by molar-refractivity contribution is -0.146. The third kappa shape index (κ3) is 3.44. The van der Waals surface area contributed by atoms with Crippen molar-refractivity contribution in [2.45, 2.75) is 13.8 Å². The number of benzene rings is 1. The summed E-state index contributed by atoms with van der Waals surface area (Å²) < 4.78 is 1.72. The van der Waals surface area contributed by atoms with Crippen LogP contribution in [0.3, 0.4) is 0 Å². The van der Waals surface area contributed by atoms with E-state index < -0.39 is 11.4 Å². The van der Waals surface area contributed by atoms with E-state index in [1.807, 2.05) is 0 Å². The van der Waals surface area contributed by atoms with Crippen molar-refractivity contribution in [2.75, 3.05) is 6.54 Å². The molecule has 0 saturated heterocycles. The lowest BCUT2D eigenvalue weighted by Gasteiger charge is -2.19. The number of nitrogens with zero attached hydrogens (tertiary/aromatic N) is 3. The number of hydrogen-bond acceptors (Lipinski definition) is 4. The molecule has 7 heteroatoms. The molecule has 21 heavy (non-hydrogen) atoms. The molecule has 110 valence electrons. The molecule has 0 unspecified atom stereocenters. The number of hydrogen-bond donors (Lipinski definition) is 2. The molecule has 0 aliphatic rings. The molecular formula is C14H16N4O3. The van der Waals surface area contributed by atoms with Crippen molar-refractivity contribution in [3.63, 3.8) is 0 Å². The molecular weight excluding hydrogens is 272 g/mol. The molecule has 0 bridgehead atoms. The van der Waals surface area contributed by atoms with Crippen LogP contribution in [0.25, 0.3) is 5.69 Å². The molecule has 1 aromatic heterocycles. The average Bonchev–Trinajstić information content (AvgIpc) is 2.99. The van der Waals surface area contributed by atoms with Crippen molar-refractivity contribution < 1.29 is 14.7 Å². The maximum atomic E-state index is 12.0. The average molecular weight is 288 g/mol. The Balaban J connectivity index is 2.02. The highest BCUT2D eigenvalue weighted by Gasteiger charge is 2.27. The van der Waals surface area contributed by atoms with Crippen LogP contribution in [0.5, 0.6) is 0 Å². The molecule has 2 rings (SSSR count). The van der Waals surface area contributed by atoms with Gasteiger partial charge in [0, 0.05) is 17.8 Å². The van der Waals surface area contributed by atoms with E-state index in [0.29, 0.717) is 5.56 Å². The van der Waals surface area contributed by atoms with Gasteiger partial charge in [-0.2, -0.15) is 0 Å². The minimum atomic E-state index is -1.00. The number of aromatic nitrogens is 3. The van der Waals surface area contributed by atoms with E-state index in [-0.39, 0.29) is 12.5 Å². The number of rotatable bonds is 5. The van der Waals surface area contributed by atoms with Crippen molar-refractivity contribution in [3.8, 4) is 5.69 Å². The summed E-state index contributed by atoms with van der Waals surface area (Å²) in [7, 11) is 0. The van der Waals surface area contributed by atoms with Crippen molar-refractivity contribution in [1.82, 2.24) is 20.1 Å². The molecule has 0 atom stereocenters. The monoisotopic (exact) mass is 288 g/mol. The standard InChI is InChI=1S/C14H16N4O3/c1-14(2,13(20)21)7-15-12(19)10-3-5-11(6-4-10)18-8-16-17-9-18/h3-6,8-9H,7H2,1-2H3,(H,15,19)(H,20,21). The first-order valence-corrected chi connectivity index (χ1v) is 6.37. The van der Waals surface area contributed by atoms with E-state index >= 15 is 0 Å². The highest BCUT2D eigenvalue weighted by molar-refractivity contribution is 5.94. The van der Waals surface area contributed by atoms with Gasteiger partial charge in [-0.1, -0.05) is 0 Å². The number of carboxylic acids is 1. The molecule has 0 aliphatic carbocycles. The van der Waals surface area contributed by atoms with Crippen LogP contribution in [0.2, 0.25) is 0 Å². The second-order valence-corrected chi connectivity index (χ2v) is 5.29. The topological polar surface area (TPSA) is 97.1 Å². The summed E-state index contributed by atoms with van der Waals surface area (Å²) in [5.74, 6) is -1.26. The summed E-state index contributed by atoms with van der Waals surface area (Å²) in [6.07, 6.45) is 3.12. The zero-order valence-electron chi connectivity index (χ0n) is 11.8. The molecule has 7 nitrogen and oxygen atoms in total. The fraction of sp³-hybridized carbons (Fsp3) is 0.286. The van der Waals surface area contributed by atoms with E-state index in [1.165, 1.54) is 0 Å². The second-order valence-electron chi connectivity index (χ2n) is 5.29. The van der Waals surface area contributed by atoms with Gasteiger partial charge < -0.3 is 10.4 Å². The second kappa shape index (κ2) is 5.74. The molecule has 0 radical (unpaired) electrons. The van der Waals surface area contributed by atoms with Crippen molar-refractivity contribution in [1.29, 1.82) is 0 Å². The summed E-state index contributed by atoms with van der Waals surface area (Å²) >= 11 is 0. The zero-order valence-corrected chi connectivity index (χ0v) is 11.8. The Hall–Kier alpha value is -2.70. The Morgan fingerprint density at radius 1 is 1.19 bits per heavy atom. The molecule has 0 spiro atoms. The molecule has 1 amide bonds. The van der Waals surface area contributed by atoms with Gasteiger partial charge in [-0.05, 0) is 38.1 Å². The van der Waals surface area contributed by atoms with Crippen molar-refractivity contribution in [2.24, 2.45) is 5.41 Å². The number of aliphatic carboxylic acids is 1. The summed E-state index contributed by atoms with van der Waals surface area (Å²) in [5.41, 5.74) is 0.299. The fourth-order valence-electron chi connectivity index (χ4n) is 1.60. The number of nitrogens with one attached hydrogen (secondary N) is 1. The summed E-state index contributed by atoms with van der Waals surface area (Å²) in [6, 6.07) is 6.86. The number of carbonyl (C=O) groups excluding carboxylic acids is 1. The third-order valence-electron chi connectivity index (χ3n) is 3.12. The van der Waals surface area contributed by atoms with Crippen molar-refractivity contribution >= 4 is 11.9 Å². The number of amides is 1. The highest BCUT2D eigenvalue weighted by Crippen LogP contribution is 2.14. The first-order valence-electron chi connectivity index (χ1n) is 6.37. The predicted octanol–water partition coefficient (Wildman–Crippen LogP) is 1.11. The zero-order chi connectivity index (χ0) is 15.5. The Kier molecular flexibility index (Phi) is 4.02. The van der Waals surface area contributed by atoms with E-state index in [1.54, 1.807) is 55.3 Å². The van der Waals surface area contributed by atoms with Crippen LogP contribution in [-0.4, -0.2) is 38.3 Å². The Bertz CT molecular complexity index is 633. The summed E-state index contributed by atoms with van der Waals surface area (Å²) in [4.78, 5) is 23.0. The van der Waals surface area contributed by atoms with Gasteiger partial charge >= 0.3 is 5.97 Å². The lowest BCUT2D eigenvalue weighted by Crippen LogP contribution is -2.38. The first-order chi connectivity index (χ1) is 9.90. The lowest BCUT2D eigenvalue weighted by atomic mass is 9.94. The number of carboxylic acid groups (broad SMARTS) is 1. The minimum absolute atomic E-state index is 0.0638. The van der Waals surface area contributed by atoms with Crippen LogP contribution in [0, 0.1) is 5.41 Å². The van der Waals surface area contributed by atoms with Gasteiger partial charge in [0.2, 0.25) is 0 Å². The molecule has 2 aromatic rings. The molecule has 0 aliphatic heterocycles.